The molecule has 1 heterocycles. The molecular formula is C13H15FN2. The molecule has 2 nitrogen and oxygen atoms in total. The number of aromatic amines is 1. The van der Waals surface area contributed by atoms with Crippen LogP contribution in [0.1, 0.15) is 31.2 Å². The van der Waals surface area contributed by atoms with Gasteiger partial charge in [-0.25, -0.2) is 4.39 Å². The maximum absolute atomic E-state index is 13.8. The Morgan fingerprint density at radius 1 is 1.25 bits per heavy atom. The summed E-state index contributed by atoms with van der Waals surface area (Å²) in [6.07, 6.45) is 6.05. The highest BCUT2D eigenvalue weighted by Gasteiger charge is 2.33. The lowest BCUT2D eigenvalue weighted by atomic mass is 9.89. The van der Waals surface area contributed by atoms with E-state index < -0.39 is 0 Å². The van der Waals surface area contributed by atoms with Crippen LogP contribution in [0.4, 0.5) is 4.39 Å². The van der Waals surface area contributed by atoms with Crippen LogP contribution in [0.5, 0.6) is 0 Å². The van der Waals surface area contributed by atoms with Gasteiger partial charge in [0.15, 0.2) is 0 Å². The van der Waals surface area contributed by atoms with Crippen molar-refractivity contribution in [3.8, 4) is 0 Å². The van der Waals surface area contributed by atoms with E-state index in [1.54, 1.807) is 6.07 Å². The third-order valence-electron chi connectivity index (χ3n) is 3.69. The summed E-state index contributed by atoms with van der Waals surface area (Å²) in [5, 5.41) is 0.673. The minimum atomic E-state index is -0.333. The number of aromatic nitrogens is 1. The fraction of sp³-hybridized carbons (Fsp3) is 0.385. The van der Waals surface area contributed by atoms with Crippen molar-refractivity contribution in [2.45, 2.75) is 31.2 Å². The standard InChI is InChI=1S/C13H15FN2/c14-10-4-3-5-11-12(10)9(8-16-11)13(15)6-1-2-7-13/h3-5,8,16H,1-2,6-7,15H2. The smallest absolute Gasteiger partial charge is 0.132 e. The summed E-state index contributed by atoms with van der Waals surface area (Å²) in [6.45, 7) is 0. The number of benzene rings is 1. The molecule has 3 N–H and O–H groups in total. The summed E-state index contributed by atoms with van der Waals surface area (Å²) in [7, 11) is 0. The van der Waals surface area contributed by atoms with E-state index in [1.807, 2.05) is 12.3 Å². The molecule has 84 valence electrons. The first-order valence-electron chi connectivity index (χ1n) is 5.76. The highest BCUT2D eigenvalue weighted by molar-refractivity contribution is 5.84. The van der Waals surface area contributed by atoms with Crippen LogP contribution in [0, 0.1) is 5.82 Å². The molecule has 0 unspecified atom stereocenters. The van der Waals surface area contributed by atoms with Crippen LogP contribution < -0.4 is 5.73 Å². The summed E-state index contributed by atoms with van der Waals surface area (Å²) < 4.78 is 13.8. The molecule has 1 aliphatic rings. The van der Waals surface area contributed by atoms with Gasteiger partial charge < -0.3 is 10.7 Å². The van der Waals surface area contributed by atoms with Crippen molar-refractivity contribution in [3.63, 3.8) is 0 Å². The topological polar surface area (TPSA) is 41.8 Å². The first-order valence-corrected chi connectivity index (χ1v) is 5.76. The van der Waals surface area contributed by atoms with Gasteiger partial charge in [-0.3, -0.25) is 0 Å². The van der Waals surface area contributed by atoms with E-state index in [1.165, 1.54) is 6.07 Å². The Morgan fingerprint density at radius 3 is 2.75 bits per heavy atom. The lowest BCUT2D eigenvalue weighted by molar-refractivity contribution is 0.464. The maximum atomic E-state index is 13.8. The Bertz CT molecular complexity index is 524. The molecule has 0 amide bonds. The summed E-state index contributed by atoms with van der Waals surface area (Å²) in [5.74, 6) is -0.175. The van der Waals surface area contributed by atoms with Gasteiger partial charge in [0.25, 0.3) is 0 Å². The number of halogens is 1. The third-order valence-corrected chi connectivity index (χ3v) is 3.69. The van der Waals surface area contributed by atoms with Gasteiger partial charge in [0, 0.05) is 28.2 Å². The van der Waals surface area contributed by atoms with Gasteiger partial charge in [-0.05, 0) is 25.0 Å². The van der Waals surface area contributed by atoms with Crippen LogP contribution in [-0.2, 0) is 5.54 Å². The maximum Gasteiger partial charge on any atom is 0.132 e. The zero-order valence-electron chi connectivity index (χ0n) is 9.09. The molecule has 0 saturated heterocycles. The monoisotopic (exact) mass is 218 g/mol. The summed E-state index contributed by atoms with van der Waals surface area (Å²) in [6, 6.07) is 5.11. The van der Waals surface area contributed by atoms with Gasteiger partial charge in [0.2, 0.25) is 0 Å². The molecular weight excluding hydrogens is 203 g/mol. The minimum absolute atomic E-state index is 0.175. The minimum Gasteiger partial charge on any atom is -0.361 e. The quantitative estimate of drug-likeness (QED) is 0.759. The van der Waals surface area contributed by atoms with E-state index in [0.29, 0.717) is 5.39 Å². The highest BCUT2D eigenvalue weighted by atomic mass is 19.1. The zero-order chi connectivity index (χ0) is 11.2. The normalized spacial score (nSPS) is 19.4. The van der Waals surface area contributed by atoms with Crippen LogP contribution in [0.2, 0.25) is 0 Å². The molecule has 16 heavy (non-hydrogen) atoms. The van der Waals surface area contributed by atoms with Crippen LogP contribution in [0.3, 0.4) is 0 Å². The Balaban J connectivity index is 2.24. The molecule has 1 fully saturated rings. The molecule has 1 aromatic heterocycles. The van der Waals surface area contributed by atoms with Crippen molar-refractivity contribution in [2.24, 2.45) is 5.73 Å². The van der Waals surface area contributed by atoms with Crippen molar-refractivity contribution < 1.29 is 4.39 Å². The number of hydrogen-bond donors (Lipinski definition) is 2. The van der Waals surface area contributed by atoms with Gasteiger partial charge in [-0.2, -0.15) is 0 Å². The number of nitrogens with one attached hydrogen (secondary N) is 1. The van der Waals surface area contributed by atoms with Crippen LogP contribution in [0.25, 0.3) is 10.9 Å². The number of nitrogens with two attached hydrogens (primary N) is 1. The third kappa shape index (κ3) is 1.28. The molecule has 0 bridgehead atoms. The fourth-order valence-corrected chi connectivity index (χ4v) is 2.81. The van der Waals surface area contributed by atoms with E-state index in [0.717, 1.165) is 36.8 Å². The molecule has 2 aromatic rings. The van der Waals surface area contributed by atoms with Crippen LogP contribution >= 0.6 is 0 Å². The summed E-state index contributed by atoms with van der Waals surface area (Å²) in [5.41, 5.74) is 7.82. The summed E-state index contributed by atoms with van der Waals surface area (Å²) in [4.78, 5) is 3.11. The second-order valence-electron chi connectivity index (χ2n) is 4.73. The second-order valence-corrected chi connectivity index (χ2v) is 4.73. The van der Waals surface area contributed by atoms with Gasteiger partial charge >= 0.3 is 0 Å². The number of hydrogen-bond acceptors (Lipinski definition) is 1. The predicted octanol–water partition coefficient (Wildman–Crippen LogP) is 3.04. The molecule has 0 aliphatic heterocycles. The molecule has 0 radical (unpaired) electrons. The van der Waals surface area contributed by atoms with E-state index in [2.05, 4.69) is 4.98 Å². The van der Waals surface area contributed by atoms with Crippen LogP contribution in [-0.4, -0.2) is 4.98 Å². The average Bonchev–Trinajstić information content (AvgIpc) is 2.85. The van der Waals surface area contributed by atoms with E-state index in [4.69, 9.17) is 5.73 Å². The van der Waals surface area contributed by atoms with Crippen molar-refractivity contribution in [3.05, 3.63) is 35.8 Å². The largest absolute Gasteiger partial charge is 0.361 e. The van der Waals surface area contributed by atoms with Crippen molar-refractivity contribution in [1.82, 2.24) is 4.98 Å². The SMILES string of the molecule is NC1(c2c[nH]c3cccc(F)c23)CCCC1. The Hall–Kier alpha value is -1.35. The van der Waals surface area contributed by atoms with E-state index >= 15 is 0 Å². The average molecular weight is 218 g/mol. The van der Waals surface area contributed by atoms with Crippen molar-refractivity contribution in [1.29, 1.82) is 0 Å². The Morgan fingerprint density at radius 2 is 2.00 bits per heavy atom. The van der Waals surface area contributed by atoms with Crippen molar-refractivity contribution >= 4 is 10.9 Å². The zero-order valence-corrected chi connectivity index (χ0v) is 9.09. The van der Waals surface area contributed by atoms with E-state index in [-0.39, 0.29) is 11.4 Å². The molecule has 3 rings (SSSR count). The molecule has 0 atom stereocenters. The Kier molecular flexibility index (Phi) is 2.04. The van der Waals surface area contributed by atoms with Gasteiger partial charge in [-0.1, -0.05) is 18.9 Å². The molecule has 1 saturated carbocycles. The fourth-order valence-electron chi connectivity index (χ4n) is 2.81. The lowest BCUT2D eigenvalue weighted by Gasteiger charge is -2.23. The van der Waals surface area contributed by atoms with Gasteiger partial charge in [-0.15, -0.1) is 0 Å². The second kappa shape index (κ2) is 3.32. The summed E-state index contributed by atoms with van der Waals surface area (Å²) >= 11 is 0. The molecule has 1 aliphatic carbocycles. The number of rotatable bonds is 1. The van der Waals surface area contributed by atoms with Gasteiger partial charge in [0.1, 0.15) is 5.82 Å². The number of fused-ring (bicyclic) bond motifs is 1. The lowest BCUT2D eigenvalue weighted by Crippen LogP contribution is -2.32. The van der Waals surface area contributed by atoms with Crippen LogP contribution in [0.15, 0.2) is 24.4 Å². The molecule has 3 heteroatoms. The van der Waals surface area contributed by atoms with Gasteiger partial charge in [0.05, 0.1) is 0 Å². The van der Waals surface area contributed by atoms with Crippen molar-refractivity contribution in [2.75, 3.05) is 0 Å². The molecule has 0 spiro atoms. The highest BCUT2D eigenvalue weighted by Crippen LogP contribution is 2.40. The molecule has 1 aromatic carbocycles. The number of H-pyrrole nitrogens is 1. The first kappa shape index (κ1) is 9.85. The van der Waals surface area contributed by atoms with E-state index in [9.17, 15) is 4.39 Å². The first-order chi connectivity index (χ1) is 7.71. The predicted molar refractivity (Wildman–Crippen MR) is 62.6 cm³/mol. The Labute approximate surface area is 93.6 Å².